The molecule has 2 aromatic rings. The topological polar surface area (TPSA) is 59.8 Å². The molecule has 1 N–H and O–H groups in total. The smallest absolute Gasteiger partial charge is 0.242 e. The molecular formula is C11H11ClN4O. The Balaban J connectivity index is 2.11. The van der Waals surface area contributed by atoms with Crippen LogP contribution < -0.4 is 5.32 Å². The van der Waals surface area contributed by atoms with Gasteiger partial charge in [0.25, 0.3) is 0 Å². The predicted molar refractivity (Wildman–Crippen MR) is 65.3 cm³/mol. The van der Waals surface area contributed by atoms with Crippen LogP contribution in [0, 0.1) is 0 Å². The maximum absolute atomic E-state index is 11.4. The number of nitrogens with one attached hydrogen (secondary N) is 1. The number of hydrogen-bond acceptors (Lipinski definition) is 3. The van der Waals surface area contributed by atoms with Crippen molar-refractivity contribution in [1.82, 2.24) is 14.8 Å². The van der Waals surface area contributed by atoms with Gasteiger partial charge in [0.2, 0.25) is 5.91 Å². The van der Waals surface area contributed by atoms with Crippen LogP contribution in [0.25, 0.3) is 5.69 Å². The molecule has 1 amide bonds. The summed E-state index contributed by atoms with van der Waals surface area (Å²) in [6.07, 6.45) is 3.07. The van der Waals surface area contributed by atoms with Gasteiger partial charge in [-0.25, -0.2) is 9.67 Å². The van der Waals surface area contributed by atoms with Gasteiger partial charge in [-0.05, 0) is 31.2 Å². The number of rotatable bonds is 3. The summed E-state index contributed by atoms with van der Waals surface area (Å²) in [6, 6.07) is 7.24. The molecule has 0 unspecified atom stereocenters. The fourth-order valence-electron chi connectivity index (χ4n) is 1.28. The van der Waals surface area contributed by atoms with Gasteiger partial charge in [0.1, 0.15) is 18.0 Å². The van der Waals surface area contributed by atoms with Crippen molar-refractivity contribution < 1.29 is 4.79 Å². The van der Waals surface area contributed by atoms with E-state index in [-0.39, 0.29) is 5.91 Å². The van der Waals surface area contributed by atoms with Crippen LogP contribution in [0.15, 0.2) is 36.9 Å². The Morgan fingerprint density at radius 2 is 2.12 bits per heavy atom. The molecule has 0 aliphatic carbocycles. The molecule has 0 bridgehead atoms. The van der Waals surface area contributed by atoms with Gasteiger partial charge in [-0.15, -0.1) is 11.6 Å². The number of alkyl halides is 1. The normalized spacial score (nSPS) is 12.1. The van der Waals surface area contributed by atoms with Crippen LogP contribution in [0.3, 0.4) is 0 Å². The Hall–Kier alpha value is -1.88. The van der Waals surface area contributed by atoms with Crippen LogP contribution in [0.2, 0.25) is 0 Å². The largest absolute Gasteiger partial charge is 0.325 e. The maximum Gasteiger partial charge on any atom is 0.242 e. The SMILES string of the molecule is C[C@H](Cl)C(=O)Nc1ccc(-n2cncn2)cc1. The van der Waals surface area contributed by atoms with E-state index in [1.165, 1.54) is 6.33 Å². The highest BCUT2D eigenvalue weighted by Gasteiger charge is 2.08. The Kier molecular flexibility index (Phi) is 3.39. The molecule has 0 aliphatic rings. The van der Waals surface area contributed by atoms with Crippen LogP contribution >= 0.6 is 11.6 Å². The van der Waals surface area contributed by atoms with Crippen molar-refractivity contribution >= 4 is 23.2 Å². The van der Waals surface area contributed by atoms with Gasteiger partial charge in [-0.1, -0.05) is 0 Å². The highest BCUT2D eigenvalue weighted by molar-refractivity contribution is 6.32. The Labute approximate surface area is 103 Å². The number of hydrogen-bond donors (Lipinski definition) is 1. The molecule has 1 aromatic heterocycles. The summed E-state index contributed by atoms with van der Waals surface area (Å²) in [4.78, 5) is 15.2. The van der Waals surface area contributed by atoms with Gasteiger partial charge in [0.05, 0.1) is 5.69 Å². The number of nitrogens with zero attached hydrogens (tertiary/aromatic N) is 3. The lowest BCUT2D eigenvalue weighted by Crippen LogP contribution is -2.20. The molecule has 5 nitrogen and oxygen atoms in total. The molecule has 1 heterocycles. The van der Waals surface area contributed by atoms with Gasteiger partial charge in [-0.2, -0.15) is 5.10 Å². The Bertz CT molecular complexity index is 493. The van der Waals surface area contributed by atoms with E-state index in [9.17, 15) is 4.79 Å². The van der Waals surface area contributed by atoms with E-state index < -0.39 is 5.38 Å². The first kappa shape index (κ1) is 11.6. The minimum Gasteiger partial charge on any atom is -0.325 e. The van der Waals surface area contributed by atoms with E-state index in [1.807, 2.05) is 12.1 Å². The zero-order valence-corrected chi connectivity index (χ0v) is 9.93. The fraction of sp³-hybridized carbons (Fsp3) is 0.182. The summed E-state index contributed by atoms with van der Waals surface area (Å²) in [7, 11) is 0. The molecule has 0 saturated heterocycles. The lowest BCUT2D eigenvalue weighted by Gasteiger charge is -2.07. The van der Waals surface area contributed by atoms with Gasteiger partial charge in [-0.3, -0.25) is 4.79 Å². The third-order valence-electron chi connectivity index (χ3n) is 2.18. The van der Waals surface area contributed by atoms with Crippen LogP contribution in [0.1, 0.15) is 6.92 Å². The van der Waals surface area contributed by atoms with Gasteiger partial charge >= 0.3 is 0 Å². The summed E-state index contributed by atoms with van der Waals surface area (Å²) in [5, 5.41) is 6.15. The van der Waals surface area contributed by atoms with Crippen molar-refractivity contribution in [2.24, 2.45) is 0 Å². The summed E-state index contributed by atoms with van der Waals surface area (Å²) in [5.74, 6) is -0.222. The molecule has 1 atom stereocenters. The first-order valence-corrected chi connectivity index (χ1v) is 5.50. The highest BCUT2D eigenvalue weighted by atomic mass is 35.5. The zero-order valence-electron chi connectivity index (χ0n) is 9.17. The molecule has 88 valence electrons. The summed E-state index contributed by atoms with van der Waals surface area (Å²) in [6.45, 7) is 1.63. The highest BCUT2D eigenvalue weighted by Crippen LogP contribution is 2.12. The second-order valence-electron chi connectivity index (χ2n) is 3.49. The molecule has 17 heavy (non-hydrogen) atoms. The third-order valence-corrected chi connectivity index (χ3v) is 2.38. The molecular weight excluding hydrogens is 240 g/mol. The first-order valence-electron chi connectivity index (χ1n) is 5.07. The number of aromatic nitrogens is 3. The van der Waals surface area contributed by atoms with Crippen LogP contribution in [0.4, 0.5) is 5.69 Å². The fourth-order valence-corrected chi connectivity index (χ4v) is 1.34. The van der Waals surface area contributed by atoms with Crippen LogP contribution in [-0.2, 0) is 4.79 Å². The minimum atomic E-state index is -0.551. The second-order valence-corrected chi connectivity index (χ2v) is 4.15. The number of amides is 1. The standard InChI is InChI=1S/C11H11ClN4O/c1-8(12)11(17)15-9-2-4-10(5-3-9)16-7-13-6-14-16/h2-8H,1H3,(H,15,17)/t8-/m0/s1. The maximum atomic E-state index is 11.4. The van der Waals surface area contributed by atoms with Crippen molar-refractivity contribution in [2.75, 3.05) is 5.32 Å². The first-order chi connectivity index (χ1) is 8.16. The van der Waals surface area contributed by atoms with Crippen molar-refractivity contribution in [3.05, 3.63) is 36.9 Å². The van der Waals surface area contributed by atoms with E-state index in [1.54, 1.807) is 30.1 Å². The number of carbonyl (C=O) groups excluding carboxylic acids is 1. The molecule has 0 aliphatic heterocycles. The van der Waals surface area contributed by atoms with Crippen molar-refractivity contribution in [2.45, 2.75) is 12.3 Å². The molecule has 0 fully saturated rings. The van der Waals surface area contributed by atoms with E-state index in [0.717, 1.165) is 5.69 Å². The van der Waals surface area contributed by atoms with E-state index in [0.29, 0.717) is 5.69 Å². The minimum absolute atomic E-state index is 0.222. The summed E-state index contributed by atoms with van der Waals surface area (Å²) >= 11 is 5.66. The average Bonchev–Trinajstić information content (AvgIpc) is 2.83. The Morgan fingerprint density at radius 3 is 2.65 bits per heavy atom. The van der Waals surface area contributed by atoms with Gasteiger partial charge in [0.15, 0.2) is 0 Å². The van der Waals surface area contributed by atoms with Gasteiger partial charge < -0.3 is 5.32 Å². The lowest BCUT2D eigenvalue weighted by molar-refractivity contribution is -0.115. The predicted octanol–water partition coefficient (Wildman–Crippen LogP) is 1.83. The van der Waals surface area contributed by atoms with E-state index in [2.05, 4.69) is 15.4 Å². The molecule has 2 rings (SSSR count). The van der Waals surface area contributed by atoms with Crippen molar-refractivity contribution in [1.29, 1.82) is 0 Å². The van der Waals surface area contributed by atoms with Crippen LogP contribution in [0.5, 0.6) is 0 Å². The third kappa shape index (κ3) is 2.82. The van der Waals surface area contributed by atoms with Crippen LogP contribution in [-0.4, -0.2) is 26.0 Å². The zero-order chi connectivity index (χ0) is 12.3. The molecule has 0 saturated carbocycles. The van der Waals surface area contributed by atoms with E-state index >= 15 is 0 Å². The average molecular weight is 251 g/mol. The number of carbonyl (C=O) groups is 1. The lowest BCUT2D eigenvalue weighted by atomic mass is 10.2. The number of benzene rings is 1. The summed E-state index contributed by atoms with van der Waals surface area (Å²) in [5.41, 5.74) is 1.57. The monoisotopic (exact) mass is 250 g/mol. The van der Waals surface area contributed by atoms with Crippen molar-refractivity contribution in [3.8, 4) is 5.69 Å². The molecule has 1 aromatic carbocycles. The van der Waals surface area contributed by atoms with Gasteiger partial charge in [0, 0.05) is 5.69 Å². The quantitative estimate of drug-likeness (QED) is 0.846. The molecule has 6 heteroatoms. The van der Waals surface area contributed by atoms with E-state index in [4.69, 9.17) is 11.6 Å². The summed E-state index contributed by atoms with van der Waals surface area (Å²) < 4.78 is 1.63. The van der Waals surface area contributed by atoms with Crippen molar-refractivity contribution in [3.63, 3.8) is 0 Å². The second kappa shape index (κ2) is 4.97. The number of halogens is 1. The number of anilines is 1. The Morgan fingerprint density at radius 1 is 1.41 bits per heavy atom. The molecule has 0 spiro atoms. The molecule has 0 radical (unpaired) electrons.